The monoisotopic (exact) mass is 446 g/mol. The lowest BCUT2D eigenvalue weighted by Crippen LogP contribution is -2.50. The smallest absolute Gasteiger partial charge is 0.242 e. The van der Waals surface area contributed by atoms with Crippen LogP contribution < -0.4 is 5.32 Å². The molecule has 0 radical (unpaired) electrons. The molecule has 0 aliphatic rings. The van der Waals surface area contributed by atoms with Crippen molar-refractivity contribution in [3.63, 3.8) is 0 Å². The number of thioether (sulfide) groups is 1. The Morgan fingerprint density at radius 1 is 1.03 bits per heavy atom. The molecule has 162 valence electrons. The maximum atomic E-state index is 13.1. The molecule has 2 amide bonds. The van der Waals surface area contributed by atoms with E-state index < -0.39 is 6.04 Å². The van der Waals surface area contributed by atoms with E-state index in [-0.39, 0.29) is 17.9 Å². The molecule has 30 heavy (non-hydrogen) atoms. The zero-order valence-electron chi connectivity index (χ0n) is 18.2. The lowest BCUT2D eigenvalue weighted by atomic mass is 10.1. The van der Waals surface area contributed by atoms with Crippen molar-refractivity contribution < 1.29 is 9.59 Å². The van der Waals surface area contributed by atoms with Gasteiger partial charge in [0.05, 0.1) is 5.75 Å². The number of benzene rings is 2. The Morgan fingerprint density at radius 3 is 2.23 bits per heavy atom. The summed E-state index contributed by atoms with van der Waals surface area (Å²) in [6.45, 7) is 8.24. The predicted molar refractivity (Wildman–Crippen MR) is 127 cm³/mol. The third kappa shape index (κ3) is 7.69. The number of carbonyl (C=O) groups excluding carboxylic acids is 2. The first-order valence-electron chi connectivity index (χ1n) is 10.3. The Bertz CT molecular complexity index is 824. The predicted octanol–water partition coefficient (Wildman–Crippen LogP) is 5.21. The van der Waals surface area contributed by atoms with Gasteiger partial charge in [-0.05, 0) is 50.5 Å². The lowest BCUT2D eigenvalue weighted by molar-refractivity contribution is -0.138. The zero-order chi connectivity index (χ0) is 22.1. The fourth-order valence-corrected chi connectivity index (χ4v) is 3.85. The van der Waals surface area contributed by atoms with Gasteiger partial charge in [-0.15, -0.1) is 11.8 Å². The Balaban J connectivity index is 2.06. The van der Waals surface area contributed by atoms with Crippen LogP contribution in [0, 0.1) is 6.92 Å². The number of aryl methyl sites for hydroxylation is 1. The molecule has 0 spiro atoms. The van der Waals surface area contributed by atoms with Crippen LogP contribution >= 0.6 is 23.4 Å². The summed E-state index contributed by atoms with van der Waals surface area (Å²) >= 11 is 7.47. The van der Waals surface area contributed by atoms with E-state index in [1.807, 2.05) is 69.3 Å². The highest BCUT2D eigenvalue weighted by Gasteiger charge is 2.26. The van der Waals surface area contributed by atoms with Crippen LogP contribution in [0.5, 0.6) is 0 Å². The van der Waals surface area contributed by atoms with Crippen LogP contribution in [0.3, 0.4) is 0 Å². The number of nitrogens with one attached hydrogen (secondary N) is 1. The maximum Gasteiger partial charge on any atom is 0.242 e. The minimum absolute atomic E-state index is 0.0404. The summed E-state index contributed by atoms with van der Waals surface area (Å²) in [6.07, 6.45) is 0.849. The average molecular weight is 447 g/mol. The summed E-state index contributed by atoms with van der Waals surface area (Å²) in [5.74, 6) is 0.873. The van der Waals surface area contributed by atoms with E-state index in [0.29, 0.717) is 23.1 Å². The van der Waals surface area contributed by atoms with E-state index in [4.69, 9.17) is 11.6 Å². The lowest BCUT2D eigenvalue weighted by Gasteiger charge is -2.29. The molecule has 2 aromatic rings. The van der Waals surface area contributed by atoms with E-state index in [1.165, 1.54) is 0 Å². The van der Waals surface area contributed by atoms with Crippen molar-refractivity contribution in [2.75, 3.05) is 5.75 Å². The van der Waals surface area contributed by atoms with Crippen molar-refractivity contribution in [3.8, 4) is 0 Å². The van der Waals surface area contributed by atoms with Crippen LogP contribution in [0.15, 0.2) is 48.5 Å². The van der Waals surface area contributed by atoms with Gasteiger partial charge in [-0.25, -0.2) is 0 Å². The molecule has 0 heterocycles. The third-order valence-electron chi connectivity index (χ3n) is 5.05. The minimum Gasteiger partial charge on any atom is -0.352 e. The van der Waals surface area contributed by atoms with Gasteiger partial charge < -0.3 is 10.2 Å². The topological polar surface area (TPSA) is 49.4 Å². The zero-order valence-corrected chi connectivity index (χ0v) is 19.7. The van der Waals surface area contributed by atoms with Gasteiger partial charge in [0.2, 0.25) is 11.8 Å². The molecule has 2 rings (SSSR count). The molecule has 0 bridgehead atoms. The summed E-state index contributed by atoms with van der Waals surface area (Å²) in [5, 5.41) is 3.69. The number of rotatable bonds is 10. The van der Waals surface area contributed by atoms with E-state index in [2.05, 4.69) is 5.32 Å². The van der Waals surface area contributed by atoms with Crippen LogP contribution in [-0.4, -0.2) is 34.6 Å². The highest BCUT2D eigenvalue weighted by Crippen LogP contribution is 2.18. The quantitative estimate of drug-likeness (QED) is 0.544. The second kappa shape index (κ2) is 12.0. The maximum absolute atomic E-state index is 13.1. The number of hydrogen-bond acceptors (Lipinski definition) is 3. The Labute approximate surface area is 189 Å². The van der Waals surface area contributed by atoms with Crippen molar-refractivity contribution in [1.29, 1.82) is 0 Å². The first-order valence-corrected chi connectivity index (χ1v) is 11.8. The summed E-state index contributed by atoms with van der Waals surface area (Å²) in [5.41, 5.74) is 3.29. The molecule has 1 N–H and O–H groups in total. The van der Waals surface area contributed by atoms with Crippen molar-refractivity contribution in [1.82, 2.24) is 10.2 Å². The van der Waals surface area contributed by atoms with Gasteiger partial charge >= 0.3 is 0 Å². The molecular formula is C24H31ClN2O2S. The molecule has 0 aliphatic carbocycles. The summed E-state index contributed by atoms with van der Waals surface area (Å²) in [6, 6.07) is 15.2. The molecule has 0 aromatic heterocycles. The second-order valence-electron chi connectivity index (χ2n) is 7.62. The molecular weight excluding hydrogens is 416 g/mol. The van der Waals surface area contributed by atoms with E-state index in [0.717, 1.165) is 23.1 Å². The Kier molecular flexibility index (Phi) is 9.73. The fraction of sp³-hybridized carbons (Fsp3) is 0.417. The summed E-state index contributed by atoms with van der Waals surface area (Å²) in [4.78, 5) is 27.4. The number of halogens is 1. The number of hydrogen-bond donors (Lipinski definition) is 1. The number of amides is 2. The van der Waals surface area contributed by atoms with Gasteiger partial charge in [-0.2, -0.15) is 0 Å². The van der Waals surface area contributed by atoms with Gasteiger partial charge in [0, 0.05) is 23.4 Å². The molecule has 2 aromatic carbocycles. The van der Waals surface area contributed by atoms with Gasteiger partial charge in [0.1, 0.15) is 6.04 Å². The molecule has 0 saturated carbocycles. The molecule has 0 fully saturated rings. The minimum atomic E-state index is -0.538. The van der Waals surface area contributed by atoms with Gasteiger partial charge in [-0.1, -0.05) is 60.5 Å². The van der Waals surface area contributed by atoms with Crippen LogP contribution in [0.2, 0.25) is 5.02 Å². The van der Waals surface area contributed by atoms with E-state index in [1.54, 1.807) is 23.6 Å². The summed E-state index contributed by atoms with van der Waals surface area (Å²) in [7, 11) is 0. The van der Waals surface area contributed by atoms with E-state index in [9.17, 15) is 9.59 Å². The highest BCUT2D eigenvalue weighted by atomic mass is 35.5. The number of carbonyl (C=O) groups is 2. The molecule has 0 saturated heterocycles. The molecule has 2 atom stereocenters. The highest BCUT2D eigenvalue weighted by molar-refractivity contribution is 7.99. The van der Waals surface area contributed by atoms with Gasteiger partial charge in [0.15, 0.2) is 0 Å². The van der Waals surface area contributed by atoms with Gasteiger partial charge in [-0.3, -0.25) is 9.59 Å². The fourth-order valence-electron chi connectivity index (χ4n) is 2.86. The molecule has 0 aliphatic heterocycles. The Morgan fingerprint density at radius 2 is 1.63 bits per heavy atom. The SMILES string of the molecule is CC[C@@H](C)NC(=O)[C@@H](C)N(Cc1ccc(C)cc1)C(=O)CSCc1ccc(Cl)cc1. The van der Waals surface area contributed by atoms with Crippen molar-refractivity contribution in [3.05, 3.63) is 70.2 Å². The average Bonchev–Trinajstić information content (AvgIpc) is 2.74. The summed E-state index contributed by atoms with van der Waals surface area (Å²) < 4.78 is 0. The van der Waals surface area contributed by atoms with Crippen LogP contribution in [-0.2, 0) is 21.9 Å². The van der Waals surface area contributed by atoms with Crippen LogP contribution in [0.4, 0.5) is 0 Å². The standard InChI is InChI=1S/C24H31ClN2O2S/c1-5-18(3)26-24(29)19(4)27(14-20-8-6-17(2)7-9-20)23(28)16-30-15-21-10-12-22(25)13-11-21/h6-13,18-19H,5,14-16H2,1-4H3,(H,26,29)/t18-,19-/m1/s1. The van der Waals surface area contributed by atoms with Crippen molar-refractivity contribution in [2.45, 2.75) is 58.5 Å². The number of nitrogens with zero attached hydrogens (tertiary/aromatic N) is 1. The first-order chi connectivity index (χ1) is 14.3. The molecule has 6 heteroatoms. The van der Waals surface area contributed by atoms with Crippen LogP contribution in [0.25, 0.3) is 0 Å². The Hall–Kier alpha value is -1.98. The van der Waals surface area contributed by atoms with Crippen molar-refractivity contribution in [2.24, 2.45) is 0 Å². The largest absolute Gasteiger partial charge is 0.352 e. The molecule has 4 nitrogen and oxygen atoms in total. The van der Waals surface area contributed by atoms with E-state index >= 15 is 0 Å². The third-order valence-corrected chi connectivity index (χ3v) is 6.29. The van der Waals surface area contributed by atoms with Crippen LogP contribution in [0.1, 0.15) is 43.9 Å². The normalized spacial score (nSPS) is 12.8. The van der Waals surface area contributed by atoms with Gasteiger partial charge in [0.25, 0.3) is 0 Å². The van der Waals surface area contributed by atoms with Crippen molar-refractivity contribution >= 4 is 35.2 Å². The first kappa shape index (κ1) is 24.3. The second-order valence-corrected chi connectivity index (χ2v) is 9.04. The molecule has 0 unspecified atom stereocenters.